The lowest BCUT2D eigenvalue weighted by atomic mass is 10.0. The number of anilines is 1. The predicted molar refractivity (Wildman–Crippen MR) is 82.3 cm³/mol. The molecule has 1 saturated heterocycles. The smallest absolute Gasteiger partial charge is 0.327 e. The fourth-order valence-corrected chi connectivity index (χ4v) is 3.05. The summed E-state index contributed by atoms with van der Waals surface area (Å²) < 4.78 is 6.04. The van der Waals surface area contributed by atoms with Crippen LogP contribution in [-0.2, 0) is 16.1 Å². The SMILES string of the molecule is COC(=O)Cn1ncc(N2CCCCC2CN)c(Br)c1=O. The third-order valence-corrected chi connectivity index (χ3v) is 4.43. The number of piperidine rings is 1. The molecular weight excluding hydrogens is 340 g/mol. The molecule has 1 fully saturated rings. The number of ether oxygens (including phenoxy) is 1. The highest BCUT2D eigenvalue weighted by Gasteiger charge is 2.25. The number of methoxy groups -OCH3 is 1. The maximum Gasteiger partial charge on any atom is 0.327 e. The van der Waals surface area contributed by atoms with E-state index in [4.69, 9.17) is 5.73 Å². The highest BCUT2D eigenvalue weighted by atomic mass is 79.9. The molecule has 0 saturated carbocycles. The molecule has 1 unspecified atom stereocenters. The standard InChI is InChI=1S/C13H19BrN4O3/c1-21-11(19)8-18-13(20)12(14)10(7-16-18)17-5-3-2-4-9(17)6-15/h7,9H,2-6,8,15H2,1H3. The Hall–Kier alpha value is -1.41. The molecule has 8 heteroatoms. The van der Waals surface area contributed by atoms with Crippen molar-refractivity contribution >= 4 is 27.6 Å². The predicted octanol–water partition coefficient (Wildman–Crippen LogP) is 0.496. The van der Waals surface area contributed by atoms with Crippen molar-refractivity contribution in [3.63, 3.8) is 0 Å². The van der Waals surface area contributed by atoms with Gasteiger partial charge in [-0.25, -0.2) is 4.68 Å². The van der Waals surface area contributed by atoms with E-state index < -0.39 is 5.97 Å². The first-order chi connectivity index (χ1) is 10.1. The number of nitrogens with zero attached hydrogens (tertiary/aromatic N) is 3. The van der Waals surface area contributed by atoms with Crippen molar-refractivity contribution in [3.8, 4) is 0 Å². The fraction of sp³-hybridized carbons (Fsp3) is 0.615. The van der Waals surface area contributed by atoms with E-state index in [1.54, 1.807) is 6.20 Å². The van der Waals surface area contributed by atoms with Crippen molar-refractivity contribution in [3.05, 3.63) is 21.0 Å². The minimum Gasteiger partial charge on any atom is -0.468 e. The highest BCUT2D eigenvalue weighted by Crippen LogP contribution is 2.28. The van der Waals surface area contributed by atoms with Crippen LogP contribution >= 0.6 is 15.9 Å². The van der Waals surface area contributed by atoms with Gasteiger partial charge in [-0.3, -0.25) is 9.59 Å². The molecule has 0 bridgehead atoms. The number of halogens is 1. The van der Waals surface area contributed by atoms with E-state index in [-0.39, 0.29) is 18.1 Å². The van der Waals surface area contributed by atoms with Crippen LogP contribution in [0.1, 0.15) is 19.3 Å². The Morgan fingerprint density at radius 2 is 2.33 bits per heavy atom. The van der Waals surface area contributed by atoms with Crippen molar-refractivity contribution < 1.29 is 9.53 Å². The number of nitrogens with two attached hydrogens (primary N) is 1. The molecular formula is C13H19BrN4O3. The normalized spacial score (nSPS) is 18.6. The van der Waals surface area contributed by atoms with Gasteiger partial charge in [-0.2, -0.15) is 5.10 Å². The van der Waals surface area contributed by atoms with Crippen LogP contribution in [0.4, 0.5) is 5.69 Å². The number of aromatic nitrogens is 2. The fourth-order valence-electron chi connectivity index (χ4n) is 2.52. The number of hydrogen-bond acceptors (Lipinski definition) is 6. The monoisotopic (exact) mass is 358 g/mol. The van der Waals surface area contributed by atoms with Crippen LogP contribution in [0.3, 0.4) is 0 Å². The van der Waals surface area contributed by atoms with Gasteiger partial charge < -0.3 is 15.4 Å². The van der Waals surface area contributed by atoms with E-state index in [0.717, 1.165) is 36.2 Å². The third kappa shape index (κ3) is 3.44. The molecule has 1 aliphatic rings. The molecule has 2 rings (SSSR count). The second kappa shape index (κ2) is 7.04. The molecule has 21 heavy (non-hydrogen) atoms. The lowest BCUT2D eigenvalue weighted by Crippen LogP contribution is -2.45. The lowest BCUT2D eigenvalue weighted by Gasteiger charge is -2.37. The van der Waals surface area contributed by atoms with Crippen molar-refractivity contribution in [1.82, 2.24) is 9.78 Å². The molecule has 2 N–H and O–H groups in total. The van der Waals surface area contributed by atoms with Gasteiger partial charge in [0, 0.05) is 19.1 Å². The lowest BCUT2D eigenvalue weighted by molar-refractivity contribution is -0.141. The van der Waals surface area contributed by atoms with Crippen LogP contribution in [0, 0.1) is 0 Å². The summed E-state index contributed by atoms with van der Waals surface area (Å²) in [5.41, 5.74) is 6.20. The molecule has 1 aliphatic heterocycles. The van der Waals surface area contributed by atoms with Gasteiger partial charge in [-0.1, -0.05) is 0 Å². The molecule has 0 aliphatic carbocycles. The second-order valence-corrected chi connectivity index (χ2v) is 5.75. The number of rotatable bonds is 4. The first-order valence-corrected chi connectivity index (χ1v) is 7.67. The average molecular weight is 359 g/mol. The molecule has 1 aromatic rings. The van der Waals surface area contributed by atoms with Crippen molar-refractivity contribution in [2.75, 3.05) is 25.1 Å². The maximum absolute atomic E-state index is 12.3. The first-order valence-electron chi connectivity index (χ1n) is 6.87. The Bertz CT molecular complexity index is 575. The van der Waals surface area contributed by atoms with E-state index in [2.05, 4.69) is 30.7 Å². The zero-order valence-electron chi connectivity index (χ0n) is 11.9. The van der Waals surface area contributed by atoms with Gasteiger partial charge in [-0.15, -0.1) is 0 Å². The summed E-state index contributed by atoms with van der Waals surface area (Å²) in [5.74, 6) is -0.512. The summed E-state index contributed by atoms with van der Waals surface area (Å²) in [6.45, 7) is 1.19. The van der Waals surface area contributed by atoms with Crippen LogP contribution in [0.25, 0.3) is 0 Å². The highest BCUT2D eigenvalue weighted by molar-refractivity contribution is 9.10. The van der Waals surface area contributed by atoms with Crippen LogP contribution in [0.15, 0.2) is 15.5 Å². The van der Waals surface area contributed by atoms with Crippen molar-refractivity contribution in [1.29, 1.82) is 0 Å². The van der Waals surface area contributed by atoms with Crippen molar-refractivity contribution in [2.45, 2.75) is 31.8 Å². The topological polar surface area (TPSA) is 90.5 Å². The number of esters is 1. The van der Waals surface area contributed by atoms with E-state index in [0.29, 0.717) is 11.0 Å². The molecule has 116 valence electrons. The van der Waals surface area contributed by atoms with E-state index in [1.807, 2.05) is 0 Å². The molecule has 1 atom stereocenters. The average Bonchev–Trinajstić information content (AvgIpc) is 2.52. The Labute approximate surface area is 131 Å². The molecule has 1 aromatic heterocycles. The Morgan fingerprint density at radius 3 is 3.00 bits per heavy atom. The molecule has 0 aromatic carbocycles. The van der Waals surface area contributed by atoms with Gasteiger partial charge in [-0.05, 0) is 35.2 Å². The second-order valence-electron chi connectivity index (χ2n) is 4.96. The maximum atomic E-state index is 12.3. The zero-order valence-corrected chi connectivity index (χ0v) is 13.5. The van der Waals surface area contributed by atoms with Gasteiger partial charge in [0.15, 0.2) is 0 Å². The van der Waals surface area contributed by atoms with Crippen LogP contribution in [0.5, 0.6) is 0 Å². The van der Waals surface area contributed by atoms with Gasteiger partial charge in [0.05, 0.1) is 19.0 Å². The Morgan fingerprint density at radius 1 is 1.57 bits per heavy atom. The third-order valence-electron chi connectivity index (χ3n) is 3.68. The molecule has 0 radical (unpaired) electrons. The molecule has 0 spiro atoms. The van der Waals surface area contributed by atoms with Gasteiger partial charge in [0.1, 0.15) is 11.0 Å². The summed E-state index contributed by atoms with van der Waals surface area (Å²) in [6, 6.07) is 0.215. The summed E-state index contributed by atoms with van der Waals surface area (Å²) in [7, 11) is 1.27. The minimum atomic E-state index is -0.512. The number of hydrogen-bond donors (Lipinski definition) is 1. The van der Waals surface area contributed by atoms with Crippen molar-refractivity contribution in [2.24, 2.45) is 5.73 Å². The summed E-state index contributed by atoms with van der Waals surface area (Å²) in [6.07, 6.45) is 4.81. The molecule has 2 heterocycles. The van der Waals surface area contributed by atoms with E-state index in [9.17, 15) is 9.59 Å². The zero-order chi connectivity index (χ0) is 15.4. The molecule has 0 amide bonds. The largest absolute Gasteiger partial charge is 0.468 e. The van der Waals surface area contributed by atoms with Crippen LogP contribution < -0.4 is 16.2 Å². The summed E-state index contributed by atoms with van der Waals surface area (Å²) in [5, 5.41) is 4.06. The summed E-state index contributed by atoms with van der Waals surface area (Å²) >= 11 is 3.33. The van der Waals surface area contributed by atoms with Gasteiger partial charge >= 0.3 is 5.97 Å². The van der Waals surface area contributed by atoms with E-state index in [1.165, 1.54) is 7.11 Å². The summed E-state index contributed by atoms with van der Waals surface area (Å²) in [4.78, 5) is 25.6. The molecule has 7 nitrogen and oxygen atoms in total. The van der Waals surface area contributed by atoms with E-state index >= 15 is 0 Å². The van der Waals surface area contributed by atoms with Crippen LogP contribution in [-0.4, -0.2) is 42.0 Å². The first kappa shape index (κ1) is 16.0. The minimum absolute atomic E-state index is 0.200. The van der Waals surface area contributed by atoms with Gasteiger partial charge in [0.2, 0.25) is 0 Å². The van der Waals surface area contributed by atoms with Crippen LogP contribution in [0.2, 0.25) is 0 Å². The Kier molecular flexibility index (Phi) is 5.35. The quantitative estimate of drug-likeness (QED) is 0.788. The number of carbonyl (C=O) groups excluding carboxylic acids is 1. The van der Waals surface area contributed by atoms with Gasteiger partial charge in [0.25, 0.3) is 5.56 Å². The Balaban J connectivity index is 2.31. The number of carbonyl (C=O) groups is 1.